The van der Waals surface area contributed by atoms with Crippen molar-refractivity contribution in [1.29, 1.82) is 0 Å². The third-order valence-corrected chi connectivity index (χ3v) is 2.61. The molecule has 0 radical (unpaired) electrons. The number of hydrogen-bond donors (Lipinski definition) is 0. The monoisotopic (exact) mass is 220 g/mol. The van der Waals surface area contributed by atoms with Gasteiger partial charge in [-0.25, -0.2) is 4.79 Å². The Labute approximate surface area is 93.0 Å². The first-order chi connectivity index (χ1) is 7.72. The van der Waals surface area contributed by atoms with Gasteiger partial charge in [-0.2, -0.15) is 0 Å². The van der Waals surface area contributed by atoms with Gasteiger partial charge < -0.3 is 4.74 Å². The van der Waals surface area contributed by atoms with Crippen LogP contribution in [0, 0.1) is 0 Å². The number of ether oxygens (including phenoxy) is 1. The number of pyridine rings is 1. The topological polar surface area (TPSA) is 59.5 Å². The van der Waals surface area contributed by atoms with Crippen molar-refractivity contribution in [2.75, 3.05) is 13.7 Å². The maximum absolute atomic E-state index is 11.4. The number of carbonyl (C=O) groups is 2. The maximum Gasteiger partial charge on any atom is 0.410 e. The zero-order valence-corrected chi connectivity index (χ0v) is 8.92. The predicted molar refractivity (Wildman–Crippen MR) is 55.8 cm³/mol. The molecule has 1 amide bonds. The normalized spacial score (nSPS) is 19.2. The van der Waals surface area contributed by atoms with Gasteiger partial charge in [-0.05, 0) is 12.1 Å². The first-order valence-corrected chi connectivity index (χ1v) is 4.99. The number of hydrogen-bond acceptors (Lipinski definition) is 4. The lowest BCUT2D eigenvalue weighted by Crippen LogP contribution is -2.60. The number of likely N-dealkylation sites (tertiary alicyclic amines) is 1. The van der Waals surface area contributed by atoms with E-state index < -0.39 is 12.1 Å². The minimum atomic E-state index is -0.458. The van der Waals surface area contributed by atoms with Crippen molar-refractivity contribution in [3.05, 3.63) is 30.1 Å². The minimum absolute atomic E-state index is 0.0519. The molecular weight excluding hydrogens is 208 g/mol. The van der Waals surface area contributed by atoms with Crippen LogP contribution in [0.4, 0.5) is 4.79 Å². The van der Waals surface area contributed by atoms with Crippen molar-refractivity contribution in [2.45, 2.75) is 12.5 Å². The van der Waals surface area contributed by atoms with Gasteiger partial charge in [0.25, 0.3) is 0 Å². The molecule has 1 saturated heterocycles. The molecule has 0 bridgehead atoms. The fourth-order valence-electron chi connectivity index (χ4n) is 1.69. The third-order valence-electron chi connectivity index (χ3n) is 2.61. The first-order valence-electron chi connectivity index (χ1n) is 4.99. The fraction of sp³-hybridized carbons (Fsp3) is 0.364. The summed E-state index contributed by atoms with van der Waals surface area (Å²) < 4.78 is 4.58. The Bertz CT molecular complexity index is 405. The summed E-state index contributed by atoms with van der Waals surface area (Å²) in [4.78, 5) is 28.2. The van der Waals surface area contributed by atoms with Crippen molar-refractivity contribution in [3.63, 3.8) is 0 Å². The Kier molecular flexibility index (Phi) is 2.85. The highest BCUT2D eigenvalue weighted by molar-refractivity contribution is 5.97. The van der Waals surface area contributed by atoms with Crippen molar-refractivity contribution < 1.29 is 14.3 Å². The molecule has 1 aliphatic rings. The molecule has 1 aromatic heterocycles. The molecule has 84 valence electrons. The summed E-state index contributed by atoms with van der Waals surface area (Å²) in [7, 11) is 1.31. The molecule has 1 aromatic rings. The summed E-state index contributed by atoms with van der Waals surface area (Å²) in [6, 6.07) is 5.08. The molecule has 1 atom stereocenters. The van der Waals surface area contributed by atoms with Crippen LogP contribution < -0.4 is 0 Å². The van der Waals surface area contributed by atoms with E-state index in [-0.39, 0.29) is 12.3 Å². The molecule has 0 saturated carbocycles. The van der Waals surface area contributed by atoms with Crippen LogP contribution in [0.15, 0.2) is 24.4 Å². The summed E-state index contributed by atoms with van der Waals surface area (Å²) in [6.07, 6.45) is 1.66. The van der Waals surface area contributed by atoms with Gasteiger partial charge in [0.1, 0.15) is 6.04 Å². The molecule has 0 unspecified atom stereocenters. The Morgan fingerprint density at radius 3 is 3.00 bits per heavy atom. The zero-order valence-electron chi connectivity index (χ0n) is 8.92. The van der Waals surface area contributed by atoms with E-state index in [1.54, 1.807) is 6.20 Å². The molecule has 0 N–H and O–H groups in total. The number of amides is 1. The number of nitrogens with zero attached hydrogens (tertiary/aromatic N) is 2. The van der Waals surface area contributed by atoms with Gasteiger partial charge in [-0.15, -0.1) is 0 Å². The second-order valence-corrected chi connectivity index (χ2v) is 3.61. The van der Waals surface area contributed by atoms with Gasteiger partial charge in [0.15, 0.2) is 5.78 Å². The zero-order chi connectivity index (χ0) is 11.5. The number of Topliss-reactive ketones (excluding diaryl/α,β-unsaturated/α-hetero) is 1. The van der Waals surface area contributed by atoms with E-state index in [9.17, 15) is 9.59 Å². The lowest BCUT2D eigenvalue weighted by atomic mass is 9.97. The quantitative estimate of drug-likeness (QED) is 0.734. The first kappa shape index (κ1) is 10.6. The number of ketones is 1. The molecule has 0 spiro atoms. The highest BCUT2D eigenvalue weighted by Gasteiger charge is 2.41. The van der Waals surface area contributed by atoms with Crippen molar-refractivity contribution in [2.24, 2.45) is 0 Å². The fourth-order valence-corrected chi connectivity index (χ4v) is 1.69. The summed E-state index contributed by atoms with van der Waals surface area (Å²) in [5, 5.41) is 0. The van der Waals surface area contributed by atoms with E-state index >= 15 is 0 Å². The van der Waals surface area contributed by atoms with E-state index in [1.807, 2.05) is 18.2 Å². The molecular formula is C11H12N2O3. The van der Waals surface area contributed by atoms with Crippen molar-refractivity contribution >= 4 is 11.9 Å². The average molecular weight is 220 g/mol. The summed E-state index contributed by atoms with van der Waals surface area (Å²) >= 11 is 0. The SMILES string of the molecule is COC(=O)N1CC(=O)[C@@H]1Cc1ccccn1. The van der Waals surface area contributed by atoms with Gasteiger partial charge >= 0.3 is 6.09 Å². The van der Waals surface area contributed by atoms with Crippen LogP contribution in [0.3, 0.4) is 0 Å². The highest BCUT2D eigenvalue weighted by atomic mass is 16.5. The van der Waals surface area contributed by atoms with Crippen LogP contribution in [0.25, 0.3) is 0 Å². The molecule has 2 heterocycles. The number of carbonyl (C=O) groups excluding carboxylic acids is 2. The molecule has 1 fully saturated rings. The second kappa shape index (κ2) is 4.30. The molecule has 2 rings (SSSR count). The summed E-state index contributed by atoms with van der Waals surface area (Å²) in [5.74, 6) is 0.0519. The number of rotatable bonds is 2. The predicted octanol–water partition coefficient (Wildman–Crippen LogP) is 0.644. The van der Waals surface area contributed by atoms with Crippen LogP contribution in [0.1, 0.15) is 5.69 Å². The van der Waals surface area contributed by atoms with E-state index in [1.165, 1.54) is 12.0 Å². The van der Waals surface area contributed by atoms with Crippen molar-refractivity contribution in [1.82, 2.24) is 9.88 Å². The van der Waals surface area contributed by atoms with Gasteiger partial charge in [-0.1, -0.05) is 6.07 Å². The van der Waals surface area contributed by atoms with Crippen LogP contribution in [-0.4, -0.2) is 41.5 Å². The minimum Gasteiger partial charge on any atom is -0.453 e. The Morgan fingerprint density at radius 2 is 2.44 bits per heavy atom. The number of methoxy groups -OCH3 is 1. The largest absolute Gasteiger partial charge is 0.453 e. The second-order valence-electron chi connectivity index (χ2n) is 3.61. The van der Waals surface area contributed by atoms with E-state index in [4.69, 9.17) is 0 Å². The Morgan fingerprint density at radius 1 is 1.62 bits per heavy atom. The summed E-state index contributed by atoms with van der Waals surface area (Å²) in [5.41, 5.74) is 0.800. The third kappa shape index (κ3) is 1.88. The standard InChI is InChI=1S/C11H12N2O3/c1-16-11(15)13-7-10(14)9(13)6-8-4-2-3-5-12-8/h2-5,9H,6-7H2,1H3/t9-/m0/s1. The Hall–Kier alpha value is -1.91. The molecule has 16 heavy (non-hydrogen) atoms. The van der Waals surface area contributed by atoms with Gasteiger partial charge in [0.2, 0.25) is 0 Å². The molecule has 1 aliphatic heterocycles. The Balaban J connectivity index is 2.04. The van der Waals surface area contributed by atoms with E-state index in [0.29, 0.717) is 6.42 Å². The van der Waals surface area contributed by atoms with E-state index in [0.717, 1.165) is 5.69 Å². The van der Waals surface area contributed by atoms with E-state index in [2.05, 4.69) is 9.72 Å². The summed E-state index contributed by atoms with van der Waals surface area (Å²) in [6.45, 7) is 0.143. The van der Waals surface area contributed by atoms with Gasteiger partial charge in [-0.3, -0.25) is 14.7 Å². The lowest BCUT2D eigenvalue weighted by molar-refractivity contribution is -0.134. The molecule has 5 nitrogen and oxygen atoms in total. The lowest BCUT2D eigenvalue weighted by Gasteiger charge is -2.37. The van der Waals surface area contributed by atoms with Crippen molar-refractivity contribution in [3.8, 4) is 0 Å². The molecule has 0 aromatic carbocycles. The number of aromatic nitrogens is 1. The molecule has 5 heteroatoms. The molecule has 0 aliphatic carbocycles. The van der Waals surface area contributed by atoms with Crippen LogP contribution in [0.5, 0.6) is 0 Å². The highest BCUT2D eigenvalue weighted by Crippen LogP contribution is 2.18. The van der Waals surface area contributed by atoms with Gasteiger partial charge in [0.05, 0.1) is 13.7 Å². The van der Waals surface area contributed by atoms with Crippen LogP contribution >= 0.6 is 0 Å². The van der Waals surface area contributed by atoms with Crippen LogP contribution in [0.2, 0.25) is 0 Å². The smallest absolute Gasteiger partial charge is 0.410 e. The maximum atomic E-state index is 11.4. The van der Waals surface area contributed by atoms with Gasteiger partial charge in [0, 0.05) is 18.3 Å². The van der Waals surface area contributed by atoms with Crippen LogP contribution in [-0.2, 0) is 16.0 Å². The average Bonchev–Trinajstić information content (AvgIpc) is 2.33.